The molecule has 1 fully saturated rings. The SMILES string of the molecule is NCC(c1cccc(F)c1)N1CCOCC1CO. The van der Waals surface area contributed by atoms with Crippen LogP contribution in [0.4, 0.5) is 4.39 Å². The highest BCUT2D eigenvalue weighted by atomic mass is 19.1. The van der Waals surface area contributed by atoms with Gasteiger partial charge in [-0.15, -0.1) is 0 Å². The first-order valence-electron chi connectivity index (χ1n) is 6.16. The Bertz CT molecular complexity index is 389. The van der Waals surface area contributed by atoms with Crippen molar-refractivity contribution in [3.05, 3.63) is 35.6 Å². The summed E-state index contributed by atoms with van der Waals surface area (Å²) < 4.78 is 18.6. The van der Waals surface area contributed by atoms with Gasteiger partial charge in [-0.05, 0) is 17.7 Å². The first-order valence-corrected chi connectivity index (χ1v) is 6.16. The number of hydrogen-bond acceptors (Lipinski definition) is 4. The highest BCUT2D eigenvalue weighted by Crippen LogP contribution is 2.24. The zero-order chi connectivity index (χ0) is 13.0. The van der Waals surface area contributed by atoms with Gasteiger partial charge in [0.25, 0.3) is 0 Å². The van der Waals surface area contributed by atoms with E-state index in [1.807, 2.05) is 6.07 Å². The molecule has 1 saturated heterocycles. The molecule has 0 saturated carbocycles. The minimum Gasteiger partial charge on any atom is -0.395 e. The van der Waals surface area contributed by atoms with E-state index in [1.165, 1.54) is 12.1 Å². The fraction of sp³-hybridized carbons (Fsp3) is 0.538. The molecule has 0 aliphatic carbocycles. The third-order valence-corrected chi connectivity index (χ3v) is 3.34. The number of ether oxygens (including phenoxy) is 1. The molecule has 18 heavy (non-hydrogen) atoms. The fourth-order valence-electron chi connectivity index (χ4n) is 2.41. The molecule has 3 N–H and O–H groups in total. The van der Waals surface area contributed by atoms with E-state index in [0.717, 1.165) is 5.56 Å². The summed E-state index contributed by atoms with van der Waals surface area (Å²) >= 11 is 0. The molecular formula is C13H19FN2O2. The predicted octanol–water partition coefficient (Wildman–Crippen LogP) is 0.519. The number of aliphatic hydroxyl groups is 1. The van der Waals surface area contributed by atoms with Crippen molar-refractivity contribution in [1.29, 1.82) is 0 Å². The summed E-state index contributed by atoms with van der Waals surface area (Å²) in [5.41, 5.74) is 6.66. The maximum atomic E-state index is 13.3. The van der Waals surface area contributed by atoms with Gasteiger partial charge >= 0.3 is 0 Å². The number of morpholine rings is 1. The number of benzene rings is 1. The summed E-state index contributed by atoms with van der Waals surface area (Å²) in [5, 5.41) is 9.37. The zero-order valence-electron chi connectivity index (χ0n) is 10.3. The molecule has 2 rings (SSSR count). The van der Waals surface area contributed by atoms with Crippen LogP contribution in [0.15, 0.2) is 24.3 Å². The van der Waals surface area contributed by atoms with Crippen LogP contribution in [0.25, 0.3) is 0 Å². The van der Waals surface area contributed by atoms with Crippen molar-refractivity contribution in [1.82, 2.24) is 4.90 Å². The summed E-state index contributed by atoms with van der Waals surface area (Å²) in [6.07, 6.45) is 0. The van der Waals surface area contributed by atoms with Crippen molar-refractivity contribution in [2.75, 3.05) is 32.9 Å². The molecule has 100 valence electrons. The second-order valence-electron chi connectivity index (χ2n) is 4.46. The highest BCUT2D eigenvalue weighted by Gasteiger charge is 2.29. The van der Waals surface area contributed by atoms with E-state index >= 15 is 0 Å². The fourth-order valence-corrected chi connectivity index (χ4v) is 2.41. The Kier molecular flexibility index (Phi) is 4.66. The van der Waals surface area contributed by atoms with Crippen LogP contribution in [-0.4, -0.2) is 49.0 Å². The molecule has 4 nitrogen and oxygen atoms in total. The molecule has 5 heteroatoms. The normalized spacial score (nSPS) is 22.9. The van der Waals surface area contributed by atoms with Gasteiger partial charge in [0.2, 0.25) is 0 Å². The highest BCUT2D eigenvalue weighted by molar-refractivity contribution is 5.21. The average molecular weight is 254 g/mol. The Hall–Kier alpha value is -1.01. The second-order valence-corrected chi connectivity index (χ2v) is 4.46. The topological polar surface area (TPSA) is 58.7 Å². The first kappa shape index (κ1) is 13.4. The molecule has 1 aliphatic heterocycles. The van der Waals surface area contributed by atoms with Gasteiger partial charge in [-0.3, -0.25) is 4.90 Å². The Morgan fingerprint density at radius 2 is 2.39 bits per heavy atom. The van der Waals surface area contributed by atoms with Crippen LogP contribution in [0, 0.1) is 5.82 Å². The average Bonchev–Trinajstić information content (AvgIpc) is 2.40. The Balaban J connectivity index is 2.21. The van der Waals surface area contributed by atoms with Gasteiger partial charge in [0.1, 0.15) is 5.82 Å². The molecule has 2 atom stereocenters. The summed E-state index contributed by atoms with van der Waals surface area (Å²) in [7, 11) is 0. The summed E-state index contributed by atoms with van der Waals surface area (Å²) in [4.78, 5) is 2.10. The summed E-state index contributed by atoms with van der Waals surface area (Å²) in [6.45, 7) is 2.21. The van der Waals surface area contributed by atoms with Crippen molar-refractivity contribution < 1.29 is 14.2 Å². The lowest BCUT2D eigenvalue weighted by molar-refractivity contribution is -0.0464. The van der Waals surface area contributed by atoms with E-state index in [9.17, 15) is 9.50 Å². The van der Waals surface area contributed by atoms with Gasteiger partial charge < -0.3 is 15.6 Å². The largest absolute Gasteiger partial charge is 0.395 e. The lowest BCUT2D eigenvalue weighted by atomic mass is 10.0. The Labute approximate surface area is 106 Å². The van der Waals surface area contributed by atoms with Gasteiger partial charge in [0.05, 0.1) is 25.9 Å². The molecule has 0 amide bonds. The second kappa shape index (κ2) is 6.24. The Morgan fingerprint density at radius 1 is 1.56 bits per heavy atom. The number of rotatable bonds is 4. The molecule has 1 aliphatic rings. The van der Waals surface area contributed by atoms with Crippen molar-refractivity contribution in [2.24, 2.45) is 5.73 Å². The zero-order valence-corrected chi connectivity index (χ0v) is 10.3. The number of halogens is 1. The van der Waals surface area contributed by atoms with Crippen LogP contribution in [0.5, 0.6) is 0 Å². The molecule has 1 aromatic carbocycles. The molecule has 0 bridgehead atoms. The quantitative estimate of drug-likeness (QED) is 0.822. The minimum atomic E-state index is -0.264. The smallest absolute Gasteiger partial charge is 0.123 e. The lowest BCUT2D eigenvalue weighted by Gasteiger charge is -2.40. The van der Waals surface area contributed by atoms with Gasteiger partial charge in [-0.2, -0.15) is 0 Å². The number of nitrogens with zero attached hydrogens (tertiary/aromatic N) is 1. The van der Waals surface area contributed by atoms with E-state index in [-0.39, 0.29) is 24.5 Å². The van der Waals surface area contributed by atoms with E-state index in [0.29, 0.717) is 26.3 Å². The van der Waals surface area contributed by atoms with E-state index in [1.54, 1.807) is 6.07 Å². The van der Waals surface area contributed by atoms with Crippen LogP contribution in [0.1, 0.15) is 11.6 Å². The number of hydrogen-bond donors (Lipinski definition) is 2. The third kappa shape index (κ3) is 2.87. The molecule has 0 radical (unpaired) electrons. The standard InChI is InChI=1S/C13H19FN2O2/c14-11-3-1-2-10(6-11)13(7-15)16-4-5-18-9-12(16)8-17/h1-3,6,12-13,17H,4-5,7-9,15H2. The molecule has 2 unspecified atom stereocenters. The van der Waals surface area contributed by atoms with Gasteiger partial charge in [0.15, 0.2) is 0 Å². The third-order valence-electron chi connectivity index (χ3n) is 3.34. The van der Waals surface area contributed by atoms with Crippen LogP contribution < -0.4 is 5.73 Å². The van der Waals surface area contributed by atoms with Gasteiger partial charge in [0, 0.05) is 19.1 Å². The van der Waals surface area contributed by atoms with Crippen LogP contribution in [-0.2, 0) is 4.74 Å². The maximum absolute atomic E-state index is 13.3. The molecule has 0 aromatic heterocycles. The maximum Gasteiger partial charge on any atom is 0.123 e. The molecule has 1 aromatic rings. The van der Waals surface area contributed by atoms with Crippen LogP contribution in [0.3, 0.4) is 0 Å². The van der Waals surface area contributed by atoms with Gasteiger partial charge in [-0.1, -0.05) is 12.1 Å². The van der Waals surface area contributed by atoms with Gasteiger partial charge in [-0.25, -0.2) is 4.39 Å². The summed E-state index contributed by atoms with van der Waals surface area (Å²) in [6, 6.07) is 6.31. The van der Waals surface area contributed by atoms with E-state index in [4.69, 9.17) is 10.5 Å². The van der Waals surface area contributed by atoms with Crippen molar-refractivity contribution in [3.63, 3.8) is 0 Å². The molecular weight excluding hydrogens is 235 g/mol. The molecule has 0 spiro atoms. The summed E-state index contributed by atoms with van der Waals surface area (Å²) in [5.74, 6) is -0.264. The van der Waals surface area contributed by atoms with Crippen molar-refractivity contribution >= 4 is 0 Å². The number of nitrogens with two attached hydrogens (primary N) is 1. The predicted molar refractivity (Wildman–Crippen MR) is 66.6 cm³/mol. The lowest BCUT2D eigenvalue weighted by Crippen LogP contribution is -2.50. The number of aliphatic hydroxyl groups excluding tert-OH is 1. The van der Waals surface area contributed by atoms with E-state index in [2.05, 4.69) is 4.90 Å². The van der Waals surface area contributed by atoms with E-state index < -0.39 is 0 Å². The van der Waals surface area contributed by atoms with Crippen LogP contribution in [0.2, 0.25) is 0 Å². The molecule has 1 heterocycles. The van der Waals surface area contributed by atoms with Crippen LogP contribution >= 0.6 is 0 Å². The minimum absolute atomic E-state index is 0.0197. The monoisotopic (exact) mass is 254 g/mol. The van der Waals surface area contributed by atoms with Crippen molar-refractivity contribution in [3.8, 4) is 0 Å². The Morgan fingerprint density at radius 3 is 3.06 bits per heavy atom. The van der Waals surface area contributed by atoms with Crippen molar-refractivity contribution in [2.45, 2.75) is 12.1 Å². The first-order chi connectivity index (χ1) is 8.76.